The maximum absolute atomic E-state index is 4.52. The highest BCUT2D eigenvalue weighted by atomic mass is 32.2. The fourth-order valence-corrected chi connectivity index (χ4v) is 2.79. The first-order chi connectivity index (χ1) is 9.28. The maximum atomic E-state index is 4.52. The van der Waals surface area contributed by atoms with Gasteiger partial charge in [0.2, 0.25) is 0 Å². The van der Waals surface area contributed by atoms with Crippen LogP contribution in [0.2, 0.25) is 0 Å². The molecule has 0 aliphatic carbocycles. The van der Waals surface area contributed by atoms with Crippen LogP contribution >= 0.6 is 11.8 Å². The number of aromatic nitrogens is 5. The first-order valence-corrected chi connectivity index (χ1v) is 7.39. The maximum Gasteiger partial charge on any atom is 0.197 e. The van der Waals surface area contributed by atoms with E-state index in [2.05, 4.69) is 41.4 Å². The summed E-state index contributed by atoms with van der Waals surface area (Å²) in [5.41, 5.74) is 2.35. The van der Waals surface area contributed by atoms with Gasteiger partial charge in [0, 0.05) is 31.7 Å². The second-order valence-corrected chi connectivity index (χ2v) is 6.88. The van der Waals surface area contributed by atoms with Crippen LogP contribution in [0.5, 0.6) is 0 Å². The second-order valence-electron chi connectivity index (χ2n) is 5.92. The summed E-state index contributed by atoms with van der Waals surface area (Å²) in [7, 11) is 3.91. The minimum atomic E-state index is 0.0784. The number of hydrogen-bond acceptors (Lipinski definition) is 5. The highest BCUT2D eigenvalue weighted by Crippen LogP contribution is 2.30. The molecule has 0 aliphatic rings. The molecule has 20 heavy (non-hydrogen) atoms. The Hall–Kier alpha value is -1.34. The molecule has 0 saturated carbocycles. The molecule has 0 fully saturated rings. The van der Waals surface area contributed by atoms with Crippen molar-refractivity contribution in [2.45, 2.75) is 50.0 Å². The topological polar surface area (TPSA) is 60.6 Å². The predicted octanol–water partition coefficient (Wildman–Crippen LogP) is 1.90. The average Bonchev–Trinajstić information content (AvgIpc) is 2.82. The Morgan fingerprint density at radius 1 is 1.30 bits per heavy atom. The van der Waals surface area contributed by atoms with Gasteiger partial charge >= 0.3 is 0 Å². The van der Waals surface area contributed by atoms with Gasteiger partial charge in [0.25, 0.3) is 0 Å². The fourth-order valence-electron chi connectivity index (χ4n) is 1.82. The normalized spacial score (nSPS) is 12.1. The van der Waals surface area contributed by atoms with Gasteiger partial charge in [-0.1, -0.05) is 0 Å². The minimum Gasteiger partial charge on any atom is -0.311 e. The van der Waals surface area contributed by atoms with Crippen molar-refractivity contribution in [3.05, 3.63) is 17.6 Å². The Kier molecular flexibility index (Phi) is 4.19. The molecule has 0 aliphatic heterocycles. The molecule has 7 heteroatoms. The largest absolute Gasteiger partial charge is 0.311 e. The van der Waals surface area contributed by atoms with Gasteiger partial charge in [0.15, 0.2) is 5.16 Å². The Morgan fingerprint density at radius 2 is 2.00 bits per heavy atom. The summed E-state index contributed by atoms with van der Waals surface area (Å²) in [5, 5.41) is 18.1. The molecule has 0 bridgehead atoms. The lowest BCUT2D eigenvalue weighted by molar-refractivity contribution is 0.421. The van der Waals surface area contributed by atoms with Crippen molar-refractivity contribution in [1.29, 1.82) is 0 Å². The first-order valence-electron chi connectivity index (χ1n) is 6.57. The van der Waals surface area contributed by atoms with Crippen LogP contribution in [0.25, 0.3) is 0 Å². The van der Waals surface area contributed by atoms with Crippen molar-refractivity contribution in [2.24, 2.45) is 14.1 Å². The standard InChI is InChI=1S/C13H22N6S/c1-9-10(7-14-13(2,3)4)11(19(6)17-9)20-12-16-15-8-18(12)5/h8,14H,7H2,1-6H3. The smallest absolute Gasteiger partial charge is 0.197 e. The number of aryl methyl sites for hydroxylation is 3. The van der Waals surface area contributed by atoms with Crippen LogP contribution in [0.3, 0.4) is 0 Å². The number of rotatable bonds is 4. The van der Waals surface area contributed by atoms with Gasteiger partial charge in [-0.15, -0.1) is 10.2 Å². The van der Waals surface area contributed by atoms with Gasteiger partial charge in [-0.3, -0.25) is 4.68 Å². The van der Waals surface area contributed by atoms with Crippen molar-refractivity contribution in [3.63, 3.8) is 0 Å². The van der Waals surface area contributed by atoms with Gasteiger partial charge < -0.3 is 9.88 Å². The Balaban J connectivity index is 2.26. The van der Waals surface area contributed by atoms with E-state index < -0.39 is 0 Å². The van der Waals surface area contributed by atoms with Crippen molar-refractivity contribution in [2.75, 3.05) is 0 Å². The van der Waals surface area contributed by atoms with E-state index in [1.807, 2.05) is 30.3 Å². The van der Waals surface area contributed by atoms with Crippen molar-refractivity contribution >= 4 is 11.8 Å². The molecule has 2 heterocycles. The molecule has 2 rings (SSSR count). The molecule has 1 N–H and O–H groups in total. The van der Waals surface area contributed by atoms with E-state index in [0.717, 1.165) is 22.4 Å². The summed E-state index contributed by atoms with van der Waals surface area (Å²) in [6, 6.07) is 0. The molecule has 0 unspecified atom stereocenters. The van der Waals surface area contributed by atoms with Gasteiger partial charge in [-0.05, 0) is 39.5 Å². The van der Waals surface area contributed by atoms with Crippen molar-refractivity contribution in [3.8, 4) is 0 Å². The quantitative estimate of drug-likeness (QED) is 0.933. The number of nitrogens with zero attached hydrogens (tertiary/aromatic N) is 5. The predicted molar refractivity (Wildman–Crippen MR) is 79.7 cm³/mol. The summed E-state index contributed by atoms with van der Waals surface area (Å²) in [4.78, 5) is 0. The highest BCUT2D eigenvalue weighted by molar-refractivity contribution is 7.99. The minimum absolute atomic E-state index is 0.0784. The molecule has 6 nitrogen and oxygen atoms in total. The molecular weight excluding hydrogens is 272 g/mol. The van der Waals surface area contributed by atoms with E-state index in [-0.39, 0.29) is 5.54 Å². The molecule has 0 radical (unpaired) electrons. The highest BCUT2D eigenvalue weighted by Gasteiger charge is 2.18. The SMILES string of the molecule is Cc1nn(C)c(Sc2nncn2C)c1CNC(C)(C)C. The van der Waals surface area contributed by atoms with Gasteiger partial charge in [0.05, 0.1) is 5.69 Å². The van der Waals surface area contributed by atoms with Crippen LogP contribution in [-0.4, -0.2) is 30.1 Å². The summed E-state index contributed by atoms with van der Waals surface area (Å²) >= 11 is 1.60. The molecule has 0 aromatic carbocycles. The lowest BCUT2D eigenvalue weighted by Gasteiger charge is -2.20. The van der Waals surface area contributed by atoms with Gasteiger partial charge in [-0.25, -0.2) is 0 Å². The lowest BCUT2D eigenvalue weighted by atomic mass is 10.1. The van der Waals surface area contributed by atoms with E-state index in [4.69, 9.17) is 0 Å². The zero-order chi connectivity index (χ0) is 14.9. The zero-order valence-corrected chi connectivity index (χ0v) is 13.7. The summed E-state index contributed by atoms with van der Waals surface area (Å²) in [6.45, 7) is 9.32. The third kappa shape index (κ3) is 3.40. The summed E-state index contributed by atoms with van der Waals surface area (Å²) in [5.74, 6) is 0. The number of nitrogens with one attached hydrogen (secondary N) is 1. The molecule has 0 spiro atoms. The van der Waals surface area contributed by atoms with Gasteiger partial charge in [-0.2, -0.15) is 5.10 Å². The van der Waals surface area contributed by atoms with E-state index in [0.29, 0.717) is 0 Å². The summed E-state index contributed by atoms with van der Waals surface area (Å²) in [6.07, 6.45) is 1.71. The fraction of sp³-hybridized carbons (Fsp3) is 0.615. The summed E-state index contributed by atoms with van der Waals surface area (Å²) < 4.78 is 3.82. The van der Waals surface area contributed by atoms with E-state index in [1.54, 1.807) is 18.1 Å². The molecule has 110 valence electrons. The monoisotopic (exact) mass is 294 g/mol. The third-order valence-corrected chi connectivity index (χ3v) is 4.20. The molecule has 2 aromatic heterocycles. The average molecular weight is 294 g/mol. The van der Waals surface area contributed by atoms with Crippen LogP contribution in [0.15, 0.2) is 16.5 Å². The molecule has 2 aromatic rings. The lowest BCUT2D eigenvalue weighted by Crippen LogP contribution is -2.35. The molecule has 0 amide bonds. The van der Waals surface area contributed by atoms with Crippen LogP contribution in [0.4, 0.5) is 0 Å². The Morgan fingerprint density at radius 3 is 2.55 bits per heavy atom. The van der Waals surface area contributed by atoms with E-state index in [1.165, 1.54) is 5.56 Å². The van der Waals surface area contributed by atoms with Crippen LogP contribution in [0.1, 0.15) is 32.0 Å². The van der Waals surface area contributed by atoms with Crippen molar-refractivity contribution in [1.82, 2.24) is 29.9 Å². The van der Waals surface area contributed by atoms with Crippen LogP contribution < -0.4 is 5.32 Å². The zero-order valence-electron chi connectivity index (χ0n) is 12.9. The van der Waals surface area contributed by atoms with Gasteiger partial charge in [0.1, 0.15) is 11.4 Å². The Labute approximate surface area is 124 Å². The van der Waals surface area contributed by atoms with E-state index >= 15 is 0 Å². The second kappa shape index (κ2) is 5.57. The van der Waals surface area contributed by atoms with Crippen molar-refractivity contribution < 1.29 is 0 Å². The molecule has 0 atom stereocenters. The Bertz CT molecular complexity index is 593. The molecule has 0 saturated heterocycles. The van der Waals surface area contributed by atoms with E-state index in [9.17, 15) is 0 Å². The van der Waals surface area contributed by atoms with Crippen LogP contribution in [-0.2, 0) is 20.6 Å². The first kappa shape index (κ1) is 15.1. The third-order valence-electron chi connectivity index (χ3n) is 2.94. The number of hydrogen-bond donors (Lipinski definition) is 1. The van der Waals surface area contributed by atoms with Crippen LogP contribution in [0, 0.1) is 6.92 Å². The molecular formula is C13H22N6S.